The van der Waals surface area contributed by atoms with Gasteiger partial charge in [0.05, 0.1) is 5.69 Å². The highest BCUT2D eigenvalue weighted by atomic mass is 35.5. The molecule has 4 nitrogen and oxygen atoms in total. The molecule has 0 saturated carbocycles. The molecule has 0 unspecified atom stereocenters. The Morgan fingerprint density at radius 3 is 2.76 bits per heavy atom. The lowest BCUT2D eigenvalue weighted by Crippen LogP contribution is -2.43. The van der Waals surface area contributed by atoms with Crippen LogP contribution in [0, 0.1) is 5.82 Å². The number of nitrogens with zero attached hydrogens (tertiary/aromatic N) is 1. The first-order valence-electron chi connectivity index (χ1n) is 9.73. The van der Waals surface area contributed by atoms with Gasteiger partial charge in [-0.15, -0.1) is 0 Å². The molecule has 1 saturated heterocycles. The van der Waals surface area contributed by atoms with Gasteiger partial charge in [0.15, 0.2) is 0 Å². The first-order valence-corrected chi connectivity index (χ1v) is 10.1. The number of hydrogen-bond donors (Lipinski definition) is 1. The number of rotatable bonds is 5. The third-order valence-electron chi connectivity index (χ3n) is 5.25. The van der Waals surface area contributed by atoms with E-state index in [1.54, 1.807) is 30.3 Å². The van der Waals surface area contributed by atoms with Crippen molar-refractivity contribution < 1.29 is 8.81 Å². The summed E-state index contributed by atoms with van der Waals surface area (Å²) in [6.07, 6.45) is 5.63. The molecule has 0 aliphatic carbocycles. The van der Waals surface area contributed by atoms with E-state index in [-0.39, 0.29) is 11.9 Å². The SMILES string of the molecule is O=c1cc(N(C/C=C/c2ccccc2F)C2CCNCC2)c2cc(Cl)ccc2o1. The normalized spacial score (nSPS) is 15.2. The van der Waals surface area contributed by atoms with E-state index < -0.39 is 5.63 Å². The molecule has 29 heavy (non-hydrogen) atoms. The van der Waals surface area contributed by atoms with E-state index in [0.29, 0.717) is 22.7 Å². The maximum atomic E-state index is 14.0. The fourth-order valence-corrected chi connectivity index (χ4v) is 3.99. The summed E-state index contributed by atoms with van der Waals surface area (Å²) < 4.78 is 19.3. The Labute approximate surface area is 173 Å². The quantitative estimate of drug-likeness (QED) is 0.608. The van der Waals surface area contributed by atoms with Crippen LogP contribution in [-0.2, 0) is 0 Å². The zero-order chi connectivity index (χ0) is 20.2. The zero-order valence-corrected chi connectivity index (χ0v) is 16.7. The average Bonchev–Trinajstić information content (AvgIpc) is 2.73. The lowest BCUT2D eigenvalue weighted by Gasteiger charge is -2.36. The lowest BCUT2D eigenvalue weighted by molar-refractivity contribution is 0.437. The lowest BCUT2D eigenvalue weighted by atomic mass is 10.0. The van der Waals surface area contributed by atoms with E-state index in [2.05, 4.69) is 10.2 Å². The molecule has 150 valence electrons. The molecule has 0 spiro atoms. The van der Waals surface area contributed by atoms with Crippen molar-refractivity contribution in [1.29, 1.82) is 0 Å². The van der Waals surface area contributed by atoms with Gasteiger partial charge in [-0.1, -0.05) is 42.0 Å². The molecular weight excluding hydrogens is 391 g/mol. The third kappa shape index (κ3) is 4.52. The van der Waals surface area contributed by atoms with Crippen LogP contribution in [0.15, 0.2) is 63.8 Å². The number of benzene rings is 2. The Hall–Kier alpha value is -2.63. The number of fused-ring (bicyclic) bond motifs is 1. The number of halogens is 2. The number of hydrogen-bond acceptors (Lipinski definition) is 4. The maximum absolute atomic E-state index is 14.0. The van der Waals surface area contributed by atoms with E-state index in [0.717, 1.165) is 37.0 Å². The van der Waals surface area contributed by atoms with Crippen molar-refractivity contribution in [3.8, 4) is 0 Å². The molecule has 1 aromatic heterocycles. The van der Waals surface area contributed by atoms with Crippen molar-refractivity contribution in [2.75, 3.05) is 24.5 Å². The highest BCUT2D eigenvalue weighted by Gasteiger charge is 2.23. The monoisotopic (exact) mass is 412 g/mol. The summed E-state index contributed by atoms with van der Waals surface area (Å²) in [7, 11) is 0. The van der Waals surface area contributed by atoms with Crippen molar-refractivity contribution in [2.24, 2.45) is 0 Å². The van der Waals surface area contributed by atoms with Crippen LogP contribution in [0.25, 0.3) is 17.0 Å². The van der Waals surface area contributed by atoms with Crippen LogP contribution in [-0.4, -0.2) is 25.7 Å². The van der Waals surface area contributed by atoms with Gasteiger partial charge in [0.1, 0.15) is 11.4 Å². The minimum absolute atomic E-state index is 0.255. The molecule has 1 aliphatic heterocycles. The molecule has 3 aromatic rings. The molecule has 2 heterocycles. The molecule has 1 aliphatic rings. The molecule has 1 N–H and O–H groups in total. The van der Waals surface area contributed by atoms with Crippen LogP contribution < -0.4 is 15.8 Å². The second-order valence-corrected chi connectivity index (χ2v) is 7.59. The topological polar surface area (TPSA) is 45.5 Å². The van der Waals surface area contributed by atoms with Gasteiger partial charge in [0.25, 0.3) is 0 Å². The summed E-state index contributed by atoms with van der Waals surface area (Å²) in [5.74, 6) is -0.255. The summed E-state index contributed by atoms with van der Waals surface area (Å²) in [6.45, 7) is 2.38. The van der Waals surface area contributed by atoms with Gasteiger partial charge >= 0.3 is 5.63 Å². The second kappa shape index (κ2) is 8.80. The standard InChI is InChI=1S/C23H22ClFN2O2/c24-17-7-8-22-19(14-17)21(15-23(28)29-22)27(18-9-11-26-12-10-18)13-3-5-16-4-1-2-6-20(16)25/h1-8,14-15,18,26H,9-13H2/b5-3+. The van der Waals surface area contributed by atoms with Crippen LogP contribution in [0.5, 0.6) is 0 Å². The largest absolute Gasteiger partial charge is 0.423 e. The first-order chi connectivity index (χ1) is 14.1. The molecule has 1 fully saturated rings. The zero-order valence-electron chi connectivity index (χ0n) is 15.9. The Morgan fingerprint density at radius 1 is 1.17 bits per heavy atom. The van der Waals surface area contributed by atoms with Gasteiger partial charge in [0, 0.05) is 34.6 Å². The van der Waals surface area contributed by atoms with Gasteiger partial charge in [-0.2, -0.15) is 0 Å². The van der Waals surface area contributed by atoms with Gasteiger partial charge in [-0.25, -0.2) is 9.18 Å². The predicted octanol–water partition coefficient (Wildman–Crippen LogP) is 4.86. The van der Waals surface area contributed by atoms with E-state index in [1.165, 1.54) is 12.1 Å². The van der Waals surface area contributed by atoms with Gasteiger partial charge in [-0.05, 0) is 50.2 Å². The summed E-state index contributed by atoms with van der Waals surface area (Å²) >= 11 is 6.22. The van der Waals surface area contributed by atoms with Crippen molar-refractivity contribution in [1.82, 2.24) is 5.32 Å². The number of anilines is 1. The van der Waals surface area contributed by atoms with Crippen molar-refractivity contribution in [2.45, 2.75) is 18.9 Å². The molecule has 0 bridgehead atoms. The summed E-state index contributed by atoms with van der Waals surface area (Å²) in [5.41, 5.74) is 1.45. The fourth-order valence-electron chi connectivity index (χ4n) is 3.82. The minimum atomic E-state index is -0.396. The molecule has 0 radical (unpaired) electrons. The van der Waals surface area contributed by atoms with Gasteiger partial charge in [-0.3, -0.25) is 0 Å². The second-order valence-electron chi connectivity index (χ2n) is 7.15. The van der Waals surface area contributed by atoms with E-state index in [4.69, 9.17) is 16.0 Å². The Morgan fingerprint density at radius 2 is 1.97 bits per heavy atom. The third-order valence-corrected chi connectivity index (χ3v) is 5.48. The van der Waals surface area contributed by atoms with Gasteiger partial charge in [0.2, 0.25) is 0 Å². The van der Waals surface area contributed by atoms with Crippen LogP contribution in [0.4, 0.5) is 10.1 Å². The Balaban J connectivity index is 1.73. The van der Waals surface area contributed by atoms with Crippen LogP contribution in [0.2, 0.25) is 5.02 Å². The summed E-state index contributed by atoms with van der Waals surface area (Å²) in [6, 6.07) is 13.7. The minimum Gasteiger partial charge on any atom is -0.423 e. The molecular formula is C23H22ClFN2O2. The average molecular weight is 413 g/mol. The number of piperidine rings is 1. The van der Waals surface area contributed by atoms with Crippen LogP contribution >= 0.6 is 11.6 Å². The highest BCUT2D eigenvalue weighted by Crippen LogP contribution is 2.31. The van der Waals surface area contributed by atoms with Crippen molar-refractivity contribution in [3.63, 3.8) is 0 Å². The molecule has 4 rings (SSSR count). The first kappa shape index (κ1) is 19.7. The number of nitrogens with one attached hydrogen (secondary N) is 1. The van der Waals surface area contributed by atoms with Gasteiger partial charge < -0.3 is 14.6 Å². The Bertz CT molecular complexity index is 1090. The maximum Gasteiger partial charge on any atom is 0.338 e. The highest BCUT2D eigenvalue weighted by molar-refractivity contribution is 6.31. The van der Waals surface area contributed by atoms with Crippen molar-refractivity contribution >= 4 is 34.3 Å². The Kier molecular flexibility index (Phi) is 5.97. The summed E-state index contributed by atoms with van der Waals surface area (Å²) in [4.78, 5) is 14.4. The molecule has 6 heteroatoms. The van der Waals surface area contributed by atoms with E-state index in [9.17, 15) is 9.18 Å². The molecule has 0 atom stereocenters. The predicted molar refractivity (Wildman–Crippen MR) is 116 cm³/mol. The van der Waals surface area contributed by atoms with E-state index >= 15 is 0 Å². The van der Waals surface area contributed by atoms with Crippen molar-refractivity contribution in [3.05, 3.63) is 81.4 Å². The van der Waals surface area contributed by atoms with Crippen LogP contribution in [0.3, 0.4) is 0 Å². The summed E-state index contributed by atoms with van der Waals surface area (Å²) in [5, 5.41) is 4.76. The van der Waals surface area contributed by atoms with E-state index in [1.807, 2.05) is 18.2 Å². The molecule has 2 aromatic carbocycles. The smallest absolute Gasteiger partial charge is 0.338 e. The van der Waals surface area contributed by atoms with Crippen LogP contribution in [0.1, 0.15) is 18.4 Å². The fraction of sp³-hybridized carbons (Fsp3) is 0.261. The molecule has 0 amide bonds.